The second-order valence-corrected chi connectivity index (χ2v) is 7.90. The van der Waals surface area contributed by atoms with Crippen molar-refractivity contribution in [2.24, 2.45) is 0 Å². The first-order valence-corrected chi connectivity index (χ1v) is 10.5. The smallest absolute Gasteiger partial charge is 0.415 e. The Balaban J connectivity index is 1.46. The minimum atomic E-state index is -0.592. The molecule has 6 nitrogen and oxygen atoms in total. The van der Waals surface area contributed by atoms with Crippen molar-refractivity contribution in [2.75, 3.05) is 13.1 Å². The Morgan fingerprint density at radius 3 is 2.27 bits per heavy atom. The lowest BCUT2D eigenvalue weighted by atomic mass is 10.0. The number of amides is 2. The van der Waals surface area contributed by atoms with E-state index in [1.54, 1.807) is 24.0 Å². The van der Waals surface area contributed by atoms with Crippen molar-refractivity contribution < 1.29 is 19.1 Å². The van der Waals surface area contributed by atoms with Crippen LogP contribution in [-0.2, 0) is 4.79 Å². The van der Waals surface area contributed by atoms with E-state index in [1.165, 1.54) is 0 Å². The van der Waals surface area contributed by atoms with Crippen molar-refractivity contribution in [3.63, 3.8) is 0 Å². The molecule has 2 aromatic carbocycles. The van der Waals surface area contributed by atoms with Gasteiger partial charge in [0.05, 0.1) is 0 Å². The zero-order valence-corrected chi connectivity index (χ0v) is 17.8. The van der Waals surface area contributed by atoms with Crippen LogP contribution in [0.25, 0.3) is 0 Å². The van der Waals surface area contributed by atoms with E-state index in [-0.39, 0.29) is 18.0 Å². The van der Waals surface area contributed by atoms with Crippen LogP contribution < -0.4 is 14.8 Å². The van der Waals surface area contributed by atoms with Gasteiger partial charge in [-0.2, -0.15) is 0 Å². The van der Waals surface area contributed by atoms with Crippen molar-refractivity contribution in [2.45, 2.75) is 51.7 Å². The van der Waals surface area contributed by atoms with E-state index < -0.39 is 6.10 Å². The van der Waals surface area contributed by atoms with Gasteiger partial charge in [-0.05, 0) is 49.4 Å². The SMILES string of the molecule is CC(Oc1ccccc1C(C)C)C(=O)NC1CCN(C(=O)Oc2ccccc2)CC1. The summed E-state index contributed by atoms with van der Waals surface area (Å²) in [6, 6.07) is 16.9. The molecule has 1 saturated heterocycles. The summed E-state index contributed by atoms with van der Waals surface area (Å²) in [6.45, 7) is 7.05. The zero-order chi connectivity index (χ0) is 21.5. The van der Waals surface area contributed by atoms with Crippen LogP contribution in [0.5, 0.6) is 11.5 Å². The van der Waals surface area contributed by atoms with Crippen LogP contribution in [0.1, 0.15) is 45.1 Å². The number of carbonyl (C=O) groups excluding carboxylic acids is 2. The molecule has 0 aromatic heterocycles. The number of benzene rings is 2. The second kappa shape index (κ2) is 10.1. The predicted octanol–water partition coefficient (Wildman–Crippen LogP) is 4.36. The molecular weight excluding hydrogens is 380 g/mol. The standard InChI is InChI=1S/C24H30N2O4/c1-17(2)21-11-7-8-12-22(21)29-18(3)23(27)25-19-13-15-26(16-14-19)24(28)30-20-9-5-4-6-10-20/h4-12,17-19H,13-16H2,1-3H3,(H,25,27). The Labute approximate surface area is 178 Å². The number of piperidine rings is 1. The molecule has 1 unspecified atom stereocenters. The molecule has 1 fully saturated rings. The van der Waals surface area contributed by atoms with E-state index in [9.17, 15) is 9.59 Å². The first kappa shape index (κ1) is 21.7. The third-order valence-electron chi connectivity index (χ3n) is 5.26. The van der Waals surface area contributed by atoms with E-state index in [0.717, 1.165) is 11.3 Å². The number of hydrogen-bond acceptors (Lipinski definition) is 4. The molecule has 1 aliphatic heterocycles. The maximum Gasteiger partial charge on any atom is 0.415 e. The van der Waals surface area contributed by atoms with Crippen molar-refractivity contribution in [3.05, 3.63) is 60.2 Å². The van der Waals surface area contributed by atoms with Gasteiger partial charge >= 0.3 is 6.09 Å². The minimum absolute atomic E-state index is 0.0182. The maximum atomic E-state index is 12.6. The largest absolute Gasteiger partial charge is 0.481 e. The lowest BCUT2D eigenvalue weighted by Gasteiger charge is -2.32. The number of rotatable bonds is 6. The summed E-state index contributed by atoms with van der Waals surface area (Å²) in [6.07, 6.45) is 0.425. The molecule has 160 valence electrons. The van der Waals surface area contributed by atoms with Crippen molar-refractivity contribution in [1.82, 2.24) is 10.2 Å². The second-order valence-electron chi connectivity index (χ2n) is 7.90. The Hall–Kier alpha value is -3.02. The first-order valence-electron chi connectivity index (χ1n) is 10.5. The highest BCUT2D eigenvalue weighted by Crippen LogP contribution is 2.26. The van der Waals surface area contributed by atoms with E-state index in [1.807, 2.05) is 42.5 Å². The molecule has 2 aromatic rings. The Kier molecular flexibility index (Phi) is 7.33. The summed E-state index contributed by atoms with van der Waals surface area (Å²) >= 11 is 0. The van der Waals surface area contributed by atoms with Crippen LogP contribution in [0.3, 0.4) is 0 Å². The highest BCUT2D eigenvalue weighted by atomic mass is 16.6. The number of nitrogens with zero attached hydrogens (tertiary/aromatic N) is 1. The van der Waals surface area contributed by atoms with Gasteiger partial charge in [0.1, 0.15) is 11.5 Å². The highest BCUT2D eigenvalue weighted by molar-refractivity contribution is 5.81. The molecule has 1 N–H and O–H groups in total. The molecule has 0 spiro atoms. The van der Waals surface area contributed by atoms with Crippen LogP contribution in [0.15, 0.2) is 54.6 Å². The number of nitrogens with one attached hydrogen (secondary N) is 1. The molecule has 0 bridgehead atoms. The van der Waals surface area contributed by atoms with Crippen molar-refractivity contribution in [1.29, 1.82) is 0 Å². The molecule has 1 atom stereocenters. The fraction of sp³-hybridized carbons (Fsp3) is 0.417. The number of para-hydroxylation sites is 2. The Morgan fingerprint density at radius 2 is 1.60 bits per heavy atom. The van der Waals surface area contributed by atoms with Gasteiger partial charge in [0.2, 0.25) is 0 Å². The molecule has 2 amide bonds. The van der Waals surface area contributed by atoms with Gasteiger partial charge in [0, 0.05) is 19.1 Å². The van der Waals surface area contributed by atoms with Crippen LogP contribution in [0.4, 0.5) is 4.79 Å². The number of hydrogen-bond donors (Lipinski definition) is 1. The van der Waals surface area contributed by atoms with Crippen LogP contribution >= 0.6 is 0 Å². The number of carbonyl (C=O) groups is 2. The lowest BCUT2D eigenvalue weighted by Crippen LogP contribution is -2.49. The van der Waals surface area contributed by atoms with E-state index in [4.69, 9.17) is 9.47 Å². The number of ether oxygens (including phenoxy) is 2. The molecule has 0 radical (unpaired) electrons. The average molecular weight is 411 g/mol. The molecule has 1 heterocycles. The molecule has 6 heteroatoms. The van der Waals surface area contributed by atoms with Gasteiger partial charge in [0.15, 0.2) is 6.10 Å². The fourth-order valence-corrected chi connectivity index (χ4v) is 3.49. The van der Waals surface area contributed by atoms with Gasteiger partial charge < -0.3 is 19.7 Å². The summed E-state index contributed by atoms with van der Waals surface area (Å²) in [5, 5.41) is 3.05. The van der Waals surface area contributed by atoms with Crippen LogP contribution in [0, 0.1) is 0 Å². The summed E-state index contributed by atoms with van der Waals surface area (Å²) in [5.41, 5.74) is 1.09. The summed E-state index contributed by atoms with van der Waals surface area (Å²) in [5.74, 6) is 1.45. The summed E-state index contributed by atoms with van der Waals surface area (Å²) < 4.78 is 11.3. The predicted molar refractivity (Wildman–Crippen MR) is 116 cm³/mol. The van der Waals surface area contributed by atoms with Crippen molar-refractivity contribution in [3.8, 4) is 11.5 Å². The topological polar surface area (TPSA) is 67.9 Å². The molecule has 3 rings (SSSR count). The molecule has 30 heavy (non-hydrogen) atoms. The summed E-state index contributed by atoms with van der Waals surface area (Å²) in [7, 11) is 0. The van der Waals surface area contributed by atoms with Crippen molar-refractivity contribution >= 4 is 12.0 Å². The lowest BCUT2D eigenvalue weighted by molar-refractivity contribution is -0.128. The Morgan fingerprint density at radius 1 is 0.967 bits per heavy atom. The monoisotopic (exact) mass is 410 g/mol. The Bertz CT molecular complexity index is 845. The molecular formula is C24H30N2O4. The molecule has 0 saturated carbocycles. The first-order chi connectivity index (χ1) is 14.4. The third kappa shape index (κ3) is 5.75. The van der Waals surface area contributed by atoms with Crippen LogP contribution in [0.2, 0.25) is 0 Å². The normalized spacial score (nSPS) is 15.5. The van der Waals surface area contributed by atoms with Gasteiger partial charge in [-0.25, -0.2) is 4.79 Å². The van der Waals surface area contributed by atoms with Gasteiger partial charge in [-0.15, -0.1) is 0 Å². The van der Waals surface area contributed by atoms with E-state index in [0.29, 0.717) is 37.6 Å². The van der Waals surface area contributed by atoms with Crippen LogP contribution in [-0.4, -0.2) is 42.1 Å². The summed E-state index contributed by atoms with van der Waals surface area (Å²) in [4.78, 5) is 26.6. The minimum Gasteiger partial charge on any atom is -0.481 e. The van der Waals surface area contributed by atoms with E-state index in [2.05, 4.69) is 19.2 Å². The molecule has 0 aliphatic carbocycles. The zero-order valence-electron chi connectivity index (χ0n) is 17.8. The third-order valence-corrected chi connectivity index (χ3v) is 5.26. The quantitative estimate of drug-likeness (QED) is 0.768. The van der Waals surface area contributed by atoms with Gasteiger partial charge in [-0.1, -0.05) is 50.2 Å². The average Bonchev–Trinajstić information content (AvgIpc) is 2.75. The maximum absolute atomic E-state index is 12.6. The molecule has 1 aliphatic rings. The highest BCUT2D eigenvalue weighted by Gasteiger charge is 2.27. The van der Waals surface area contributed by atoms with E-state index >= 15 is 0 Å². The number of likely N-dealkylation sites (tertiary alicyclic amines) is 1. The van der Waals surface area contributed by atoms with Gasteiger partial charge in [-0.3, -0.25) is 4.79 Å². The van der Waals surface area contributed by atoms with Gasteiger partial charge in [0.25, 0.3) is 5.91 Å². The fourth-order valence-electron chi connectivity index (χ4n) is 3.49.